The molecule has 3 heteroatoms. The highest BCUT2D eigenvalue weighted by molar-refractivity contribution is 5.83. The minimum Gasteiger partial charge on any atom is -0.393 e. The lowest BCUT2D eigenvalue weighted by molar-refractivity contribution is 0.0430. The second-order valence-electron chi connectivity index (χ2n) is 5.40. The predicted octanol–water partition coefficient (Wildman–Crippen LogP) is 2.04. The quantitative estimate of drug-likeness (QED) is 0.863. The highest BCUT2D eigenvalue weighted by Gasteiger charge is 2.26. The van der Waals surface area contributed by atoms with Crippen molar-refractivity contribution in [1.29, 1.82) is 0 Å². The van der Waals surface area contributed by atoms with Crippen LogP contribution in [0.3, 0.4) is 0 Å². The molecule has 1 saturated carbocycles. The molecule has 0 aliphatic heterocycles. The van der Waals surface area contributed by atoms with Crippen LogP contribution in [-0.2, 0) is 13.6 Å². The van der Waals surface area contributed by atoms with Crippen molar-refractivity contribution in [1.82, 2.24) is 9.88 Å². The second-order valence-corrected chi connectivity index (χ2v) is 5.40. The molecule has 0 atom stereocenters. The summed E-state index contributed by atoms with van der Waals surface area (Å²) in [6, 6.07) is 8.50. The molecule has 1 fully saturated rings. The molecule has 1 aliphatic carbocycles. The van der Waals surface area contributed by atoms with Gasteiger partial charge in [0.25, 0.3) is 0 Å². The molecular weight excluding hydrogens is 224 g/mol. The third kappa shape index (κ3) is 2.16. The lowest BCUT2D eigenvalue weighted by Gasteiger charge is -2.31. The van der Waals surface area contributed by atoms with Gasteiger partial charge in [-0.05, 0) is 36.9 Å². The van der Waals surface area contributed by atoms with E-state index >= 15 is 0 Å². The second kappa shape index (κ2) is 4.75. The number of rotatable bonds is 4. The van der Waals surface area contributed by atoms with Crippen molar-refractivity contribution >= 4 is 10.9 Å². The molecule has 1 aliphatic rings. The summed E-state index contributed by atoms with van der Waals surface area (Å²) in [6.45, 7) is 1.92. The maximum Gasteiger partial charge on any atom is 0.0546 e. The fourth-order valence-electron chi connectivity index (χ4n) is 2.84. The van der Waals surface area contributed by atoms with E-state index in [-0.39, 0.29) is 6.10 Å². The Morgan fingerprint density at radius 1 is 1.33 bits per heavy atom. The summed E-state index contributed by atoms with van der Waals surface area (Å²) in [5.41, 5.74) is 2.64. The van der Waals surface area contributed by atoms with Crippen LogP contribution in [0.2, 0.25) is 0 Å². The number of hydrogen-bond donors (Lipinski definition) is 2. The molecule has 3 nitrogen and oxygen atoms in total. The molecular formula is C15H20N2O. The standard InChI is InChI=1S/C15H20N2O/c1-17-10-12(14-4-2-3-5-15(14)17)9-16-8-11-6-13(18)7-11/h2-5,10-11,13,16,18H,6-9H2,1H3. The van der Waals surface area contributed by atoms with Crippen LogP contribution in [0.4, 0.5) is 0 Å². The molecule has 1 aromatic carbocycles. The topological polar surface area (TPSA) is 37.2 Å². The van der Waals surface area contributed by atoms with Crippen LogP contribution in [0.5, 0.6) is 0 Å². The summed E-state index contributed by atoms with van der Waals surface area (Å²) in [7, 11) is 2.09. The van der Waals surface area contributed by atoms with E-state index in [1.54, 1.807) is 0 Å². The van der Waals surface area contributed by atoms with Gasteiger partial charge in [-0.2, -0.15) is 0 Å². The first-order chi connectivity index (χ1) is 8.74. The molecule has 2 aromatic rings. The number of nitrogens with zero attached hydrogens (tertiary/aromatic N) is 1. The van der Waals surface area contributed by atoms with Crippen molar-refractivity contribution in [3.63, 3.8) is 0 Å². The van der Waals surface area contributed by atoms with Gasteiger partial charge in [-0.1, -0.05) is 18.2 Å². The molecule has 0 bridgehead atoms. The zero-order valence-electron chi connectivity index (χ0n) is 10.8. The first-order valence-electron chi connectivity index (χ1n) is 6.66. The fourth-order valence-corrected chi connectivity index (χ4v) is 2.84. The molecule has 1 aromatic heterocycles. The van der Waals surface area contributed by atoms with E-state index in [0.29, 0.717) is 5.92 Å². The van der Waals surface area contributed by atoms with E-state index < -0.39 is 0 Å². The monoisotopic (exact) mass is 244 g/mol. The van der Waals surface area contributed by atoms with E-state index in [0.717, 1.165) is 25.9 Å². The molecule has 2 N–H and O–H groups in total. The van der Waals surface area contributed by atoms with Gasteiger partial charge in [0.05, 0.1) is 6.10 Å². The van der Waals surface area contributed by atoms with Crippen molar-refractivity contribution in [2.75, 3.05) is 6.54 Å². The highest BCUT2D eigenvalue weighted by Crippen LogP contribution is 2.26. The van der Waals surface area contributed by atoms with Crippen molar-refractivity contribution in [2.24, 2.45) is 13.0 Å². The number of aryl methyl sites for hydroxylation is 1. The number of aromatic nitrogens is 1. The van der Waals surface area contributed by atoms with E-state index in [9.17, 15) is 5.11 Å². The van der Waals surface area contributed by atoms with E-state index in [2.05, 4.69) is 47.4 Å². The zero-order chi connectivity index (χ0) is 12.5. The van der Waals surface area contributed by atoms with E-state index in [1.807, 2.05) is 0 Å². The largest absolute Gasteiger partial charge is 0.393 e. The Bertz CT molecular complexity index is 540. The molecule has 0 amide bonds. The first kappa shape index (κ1) is 11.8. The average molecular weight is 244 g/mol. The molecule has 18 heavy (non-hydrogen) atoms. The number of para-hydroxylation sites is 1. The van der Waals surface area contributed by atoms with Gasteiger partial charge in [-0.15, -0.1) is 0 Å². The predicted molar refractivity (Wildman–Crippen MR) is 73.4 cm³/mol. The third-order valence-electron chi connectivity index (χ3n) is 3.94. The van der Waals surface area contributed by atoms with Gasteiger partial charge in [0.2, 0.25) is 0 Å². The van der Waals surface area contributed by atoms with Gasteiger partial charge in [-0.25, -0.2) is 0 Å². The molecule has 0 unspecified atom stereocenters. The molecule has 0 spiro atoms. The summed E-state index contributed by atoms with van der Waals surface area (Å²) in [6.07, 6.45) is 4.08. The molecule has 96 valence electrons. The summed E-state index contributed by atoms with van der Waals surface area (Å²) in [5, 5.41) is 14.1. The van der Waals surface area contributed by atoms with Crippen LogP contribution in [0, 0.1) is 5.92 Å². The Morgan fingerprint density at radius 2 is 2.11 bits per heavy atom. The SMILES string of the molecule is Cn1cc(CNCC2CC(O)C2)c2ccccc21. The molecule has 0 radical (unpaired) electrons. The van der Waals surface area contributed by atoms with Crippen molar-refractivity contribution in [2.45, 2.75) is 25.5 Å². The van der Waals surface area contributed by atoms with Crippen LogP contribution in [0.15, 0.2) is 30.5 Å². The number of fused-ring (bicyclic) bond motifs is 1. The van der Waals surface area contributed by atoms with Crippen LogP contribution in [0.25, 0.3) is 10.9 Å². The van der Waals surface area contributed by atoms with Gasteiger partial charge < -0.3 is 15.0 Å². The average Bonchev–Trinajstić information content (AvgIpc) is 2.65. The van der Waals surface area contributed by atoms with E-state index in [4.69, 9.17) is 0 Å². The minimum absolute atomic E-state index is 0.0469. The molecule has 3 rings (SSSR count). The van der Waals surface area contributed by atoms with Crippen molar-refractivity contribution in [3.05, 3.63) is 36.0 Å². The van der Waals surface area contributed by atoms with Gasteiger partial charge in [-0.3, -0.25) is 0 Å². The molecule has 1 heterocycles. The number of hydrogen-bond acceptors (Lipinski definition) is 2. The lowest BCUT2D eigenvalue weighted by atomic mass is 9.82. The minimum atomic E-state index is -0.0469. The van der Waals surface area contributed by atoms with Crippen LogP contribution in [0.1, 0.15) is 18.4 Å². The fraction of sp³-hybridized carbons (Fsp3) is 0.467. The number of nitrogens with one attached hydrogen (secondary N) is 1. The highest BCUT2D eigenvalue weighted by atomic mass is 16.3. The van der Waals surface area contributed by atoms with Crippen LogP contribution >= 0.6 is 0 Å². The van der Waals surface area contributed by atoms with Gasteiger partial charge in [0.15, 0.2) is 0 Å². The Balaban J connectivity index is 1.64. The Labute approximate surface area is 107 Å². The maximum atomic E-state index is 9.25. The van der Waals surface area contributed by atoms with E-state index in [1.165, 1.54) is 16.5 Å². The summed E-state index contributed by atoms with van der Waals surface area (Å²) in [5.74, 6) is 0.662. The summed E-state index contributed by atoms with van der Waals surface area (Å²) in [4.78, 5) is 0. The lowest BCUT2D eigenvalue weighted by Crippen LogP contribution is -2.35. The maximum absolute atomic E-state index is 9.25. The first-order valence-corrected chi connectivity index (χ1v) is 6.66. The van der Waals surface area contributed by atoms with Crippen molar-refractivity contribution < 1.29 is 5.11 Å². The van der Waals surface area contributed by atoms with Crippen LogP contribution < -0.4 is 5.32 Å². The summed E-state index contributed by atoms with van der Waals surface area (Å²) < 4.78 is 2.18. The van der Waals surface area contributed by atoms with Crippen LogP contribution in [-0.4, -0.2) is 22.3 Å². The van der Waals surface area contributed by atoms with Gasteiger partial charge in [0.1, 0.15) is 0 Å². The smallest absolute Gasteiger partial charge is 0.0546 e. The van der Waals surface area contributed by atoms with Gasteiger partial charge in [0, 0.05) is 30.7 Å². The van der Waals surface area contributed by atoms with Crippen molar-refractivity contribution in [3.8, 4) is 0 Å². The van der Waals surface area contributed by atoms with Gasteiger partial charge >= 0.3 is 0 Å². The summed E-state index contributed by atoms with van der Waals surface area (Å²) >= 11 is 0. The third-order valence-corrected chi connectivity index (χ3v) is 3.94. The number of benzene rings is 1. The number of aliphatic hydroxyl groups excluding tert-OH is 1. The Hall–Kier alpha value is -1.32. The Morgan fingerprint density at radius 3 is 2.89 bits per heavy atom. The number of aliphatic hydroxyl groups is 1. The zero-order valence-corrected chi connectivity index (χ0v) is 10.8. The normalized spacial score (nSPS) is 23.2. The molecule has 0 saturated heterocycles. The Kier molecular flexibility index (Phi) is 3.10.